The van der Waals surface area contributed by atoms with E-state index in [1.165, 1.54) is 4.88 Å². The van der Waals surface area contributed by atoms with Gasteiger partial charge in [-0.15, -0.1) is 11.3 Å². The molecular formula is C14H16BrClN2S. The first-order valence-corrected chi connectivity index (χ1v) is 8.20. The lowest BCUT2D eigenvalue weighted by Gasteiger charge is -2.12. The Balaban J connectivity index is 1.99. The average molecular weight is 360 g/mol. The van der Waals surface area contributed by atoms with E-state index in [0.717, 1.165) is 33.0 Å². The Morgan fingerprint density at radius 3 is 2.95 bits per heavy atom. The summed E-state index contributed by atoms with van der Waals surface area (Å²) in [5, 5.41) is 5.37. The van der Waals surface area contributed by atoms with Crippen molar-refractivity contribution in [2.24, 2.45) is 0 Å². The number of halogens is 2. The largest absolute Gasteiger partial charge is 0.304 e. The number of rotatable bonds is 5. The molecule has 2 rings (SSSR count). The summed E-state index contributed by atoms with van der Waals surface area (Å²) in [5.74, 6) is 0. The molecule has 0 bridgehead atoms. The van der Waals surface area contributed by atoms with Gasteiger partial charge in [-0.3, -0.25) is 0 Å². The first-order chi connectivity index (χ1) is 9.10. The van der Waals surface area contributed by atoms with Gasteiger partial charge in [-0.25, -0.2) is 4.98 Å². The average Bonchev–Trinajstić information content (AvgIpc) is 2.88. The minimum Gasteiger partial charge on any atom is -0.304 e. The molecule has 0 aliphatic rings. The molecule has 0 saturated carbocycles. The van der Waals surface area contributed by atoms with E-state index in [0.29, 0.717) is 0 Å². The van der Waals surface area contributed by atoms with Gasteiger partial charge in [0.2, 0.25) is 0 Å². The monoisotopic (exact) mass is 358 g/mol. The summed E-state index contributed by atoms with van der Waals surface area (Å²) in [6.45, 7) is 5.05. The van der Waals surface area contributed by atoms with Crippen molar-refractivity contribution in [2.45, 2.75) is 32.9 Å². The summed E-state index contributed by atoms with van der Waals surface area (Å²) in [6, 6.07) is 6.08. The molecule has 0 radical (unpaired) electrons. The molecular weight excluding hydrogens is 344 g/mol. The van der Waals surface area contributed by atoms with Gasteiger partial charge < -0.3 is 5.32 Å². The lowest BCUT2D eigenvalue weighted by Crippen LogP contribution is -2.18. The highest BCUT2D eigenvalue weighted by Gasteiger charge is 2.10. The predicted molar refractivity (Wildman–Crippen MR) is 85.9 cm³/mol. The van der Waals surface area contributed by atoms with E-state index >= 15 is 0 Å². The van der Waals surface area contributed by atoms with Crippen LogP contribution >= 0.6 is 38.9 Å². The molecule has 1 N–H and O–H groups in total. The van der Waals surface area contributed by atoms with Crippen molar-refractivity contribution in [3.8, 4) is 0 Å². The molecule has 1 atom stereocenters. The van der Waals surface area contributed by atoms with Gasteiger partial charge in [0.15, 0.2) is 0 Å². The molecule has 1 aromatic carbocycles. The van der Waals surface area contributed by atoms with Gasteiger partial charge in [0, 0.05) is 27.1 Å². The van der Waals surface area contributed by atoms with Crippen LogP contribution in [0.3, 0.4) is 0 Å². The highest BCUT2D eigenvalue weighted by molar-refractivity contribution is 9.10. The normalized spacial score (nSPS) is 12.6. The van der Waals surface area contributed by atoms with Crippen LogP contribution in [0.5, 0.6) is 0 Å². The molecule has 102 valence electrons. The van der Waals surface area contributed by atoms with Crippen LogP contribution in [0.15, 0.2) is 28.9 Å². The van der Waals surface area contributed by atoms with Gasteiger partial charge >= 0.3 is 0 Å². The van der Waals surface area contributed by atoms with E-state index in [-0.39, 0.29) is 6.04 Å². The van der Waals surface area contributed by atoms with Crippen molar-refractivity contribution in [2.75, 3.05) is 0 Å². The summed E-state index contributed by atoms with van der Waals surface area (Å²) in [6.07, 6.45) is 3.01. The van der Waals surface area contributed by atoms with E-state index in [2.05, 4.69) is 40.1 Å². The Hall–Kier alpha value is -0.420. The number of nitrogens with one attached hydrogen (secondary N) is 1. The molecule has 0 saturated heterocycles. The Morgan fingerprint density at radius 1 is 1.47 bits per heavy atom. The SMILES string of the molecule is CCc1cnc(C(C)NCc2cc(Cl)ccc2Br)s1. The lowest BCUT2D eigenvalue weighted by atomic mass is 10.2. The minimum atomic E-state index is 0.246. The molecule has 19 heavy (non-hydrogen) atoms. The van der Waals surface area contributed by atoms with Gasteiger partial charge in [0.1, 0.15) is 5.01 Å². The van der Waals surface area contributed by atoms with Gasteiger partial charge in [0.25, 0.3) is 0 Å². The highest BCUT2D eigenvalue weighted by Crippen LogP contribution is 2.23. The zero-order valence-electron chi connectivity index (χ0n) is 10.9. The van der Waals surface area contributed by atoms with E-state index in [1.54, 1.807) is 11.3 Å². The molecule has 5 heteroatoms. The number of aromatic nitrogens is 1. The highest BCUT2D eigenvalue weighted by atomic mass is 79.9. The third-order valence-electron chi connectivity index (χ3n) is 2.90. The van der Waals surface area contributed by atoms with Crippen LogP contribution in [-0.4, -0.2) is 4.98 Å². The molecule has 0 aliphatic heterocycles. The maximum absolute atomic E-state index is 6.01. The first kappa shape index (κ1) is 15.0. The van der Waals surface area contributed by atoms with Crippen LogP contribution in [0.25, 0.3) is 0 Å². The maximum Gasteiger partial charge on any atom is 0.109 e. The van der Waals surface area contributed by atoms with Crippen LogP contribution in [0, 0.1) is 0 Å². The van der Waals surface area contributed by atoms with Crippen molar-refractivity contribution in [1.29, 1.82) is 0 Å². The van der Waals surface area contributed by atoms with Gasteiger partial charge in [-0.2, -0.15) is 0 Å². The molecule has 0 amide bonds. The van der Waals surface area contributed by atoms with E-state index in [4.69, 9.17) is 11.6 Å². The van der Waals surface area contributed by atoms with Crippen LogP contribution in [0.4, 0.5) is 0 Å². The summed E-state index contributed by atoms with van der Waals surface area (Å²) < 4.78 is 1.07. The van der Waals surface area contributed by atoms with E-state index in [1.807, 2.05) is 24.4 Å². The second-order valence-corrected chi connectivity index (χ2v) is 6.79. The van der Waals surface area contributed by atoms with Crippen molar-refractivity contribution < 1.29 is 0 Å². The van der Waals surface area contributed by atoms with Crippen LogP contribution < -0.4 is 5.32 Å². The Kier molecular flexibility index (Phi) is 5.39. The predicted octanol–water partition coefficient (Wildman–Crippen LogP) is 4.97. The third-order valence-corrected chi connectivity index (χ3v) is 5.23. The van der Waals surface area contributed by atoms with Gasteiger partial charge in [-0.1, -0.05) is 34.5 Å². The number of nitrogens with zero attached hydrogens (tertiary/aromatic N) is 1. The topological polar surface area (TPSA) is 24.9 Å². The Bertz CT molecular complexity index is 556. The summed E-state index contributed by atoms with van der Waals surface area (Å²) in [7, 11) is 0. The quantitative estimate of drug-likeness (QED) is 0.815. The molecule has 1 unspecified atom stereocenters. The minimum absolute atomic E-state index is 0.246. The molecule has 2 nitrogen and oxygen atoms in total. The molecule has 0 aliphatic carbocycles. The van der Waals surface area contributed by atoms with Crippen LogP contribution in [0.2, 0.25) is 5.02 Å². The van der Waals surface area contributed by atoms with Gasteiger partial charge in [0.05, 0.1) is 6.04 Å². The number of aryl methyl sites for hydroxylation is 1. The fourth-order valence-corrected chi connectivity index (χ4v) is 3.18. The first-order valence-electron chi connectivity index (χ1n) is 6.22. The molecule has 0 fully saturated rings. The smallest absolute Gasteiger partial charge is 0.109 e. The maximum atomic E-state index is 6.01. The second kappa shape index (κ2) is 6.84. The summed E-state index contributed by atoms with van der Waals surface area (Å²) in [4.78, 5) is 5.78. The molecule has 2 aromatic rings. The summed E-state index contributed by atoms with van der Waals surface area (Å²) >= 11 is 11.3. The van der Waals surface area contributed by atoms with Crippen molar-refractivity contribution in [3.63, 3.8) is 0 Å². The van der Waals surface area contributed by atoms with E-state index < -0.39 is 0 Å². The van der Waals surface area contributed by atoms with Crippen molar-refractivity contribution in [3.05, 3.63) is 49.3 Å². The molecule has 1 aromatic heterocycles. The number of thiazole rings is 1. The molecule has 1 heterocycles. The summed E-state index contributed by atoms with van der Waals surface area (Å²) in [5.41, 5.74) is 1.16. The lowest BCUT2D eigenvalue weighted by molar-refractivity contribution is 0.571. The molecule has 0 spiro atoms. The van der Waals surface area contributed by atoms with Crippen LogP contribution in [0.1, 0.15) is 35.3 Å². The number of hydrogen-bond acceptors (Lipinski definition) is 3. The number of hydrogen-bond donors (Lipinski definition) is 1. The fraction of sp³-hybridized carbons (Fsp3) is 0.357. The van der Waals surface area contributed by atoms with Gasteiger partial charge in [-0.05, 0) is 37.1 Å². The van der Waals surface area contributed by atoms with E-state index in [9.17, 15) is 0 Å². The zero-order chi connectivity index (χ0) is 13.8. The number of benzene rings is 1. The zero-order valence-corrected chi connectivity index (χ0v) is 14.1. The third kappa shape index (κ3) is 4.02. The fourth-order valence-electron chi connectivity index (χ4n) is 1.72. The van der Waals surface area contributed by atoms with Crippen molar-refractivity contribution >= 4 is 38.9 Å². The second-order valence-electron chi connectivity index (χ2n) is 4.36. The Labute approximate surface area is 131 Å². The van der Waals surface area contributed by atoms with Crippen molar-refractivity contribution in [1.82, 2.24) is 10.3 Å². The Morgan fingerprint density at radius 2 is 2.26 bits per heavy atom. The standard InChI is InChI=1S/C14H16BrClN2S/c1-3-12-8-18-14(19-12)9(2)17-7-10-6-11(16)4-5-13(10)15/h4-6,8-9,17H,3,7H2,1-2H3. The van der Waals surface area contributed by atoms with Crippen LogP contribution in [-0.2, 0) is 13.0 Å².